The molecule has 1 aromatic carbocycles. The lowest BCUT2D eigenvalue weighted by molar-refractivity contribution is 0.0697. The number of carbonyl (C=O) groups excluding carboxylic acids is 1. The van der Waals surface area contributed by atoms with E-state index < -0.39 is 12.0 Å². The Bertz CT molecular complexity index is 684. The van der Waals surface area contributed by atoms with Gasteiger partial charge < -0.3 is 15.7 Å². The van der Waals surface area contributed by atoms with Crippen LogP contribution in [0.25, 0.3) is 0 Å². The van der Waals surface area contributed by atoms with Gasteiger partial charge in [-0.05, 0) is 24.3 Å². The highest BCUT2D eigenvalue weighted by molar-refractivity contribution is 9.10. The van der Waals surface area contributed by atoms with Gasteiger partial charge in [0, 0.05) is 23.4 Å². The Kier molecular flexibility index (Phi) is 4.59. The van der Waals surface area contributed by atoms with E-state index in [1.807, 2.05) is 0 Å². The zero-order valence-corrected chi connectivity index (χ0v) is 12.7. The number of benzene rings is 1. The Morgan fingerprint density at radius 1 is 1.38 bits per heavy atom. The van der Waals surface area contributed by atoms with Crippen LogP contribution in [-0.4, -0.2) is 26.9 Å². The quantitative estimate of drug-likeness (QED) is 0.785. The van der Waals surface area contributed by atoms with E-state index in [-0.39, 0.29) is 5.56 Å². The Morgan fingerprint density at radius 2 is 2.14 bits per heavy atom. The summed E-state index contributed by atoms with van der Waals surface area (Å²) in [5.74, 6) is -1.06. The molecule has 0 aliphatic carbocycles. The van der Waals surface area contributed by atoms with Gasteiger partial charge in [-0.15, -0.1) is 0 Å². The zero-order chi connectivity index (χ0) is 15.4. The number of carbonyl (C=O) groups is 2. The number of nitrogens with zero attached hydrogens (tertiary/aromatic N) is 2. The average molecular weight is 353 g/mol. The monoisotopic (exact) mass is 352 g/mol. The van der Waals surface area contributed by atoms with Gasteiger partial charge in [0.1, 0.15) is 0 Å². The number of hydrogen-bond donors (Lipinski definition) is 3. The standard InChI is InChI=1S/C13H13BrN4O3/c1-18-11(2-3-16-18)7-15-13(21)17-10-5-8(12(19)20)4-9(14)6-10/h2-6H,7H2,1H3,(H,19,20)(H2,15,17,21). The summed E-state index contributed by atoms with van der Waals surface area (Å²) in [7, 11) is 1.78. The van der Waals surface area contributed by atoms with Crippen molar-refractivity contribution in [1.29, 1.82) is 0 Å². The molecule has 7 nitrogen and oxygen atoms in total. The van der Waals surface area contributed by atoms with Crippen LogP contribution in [0.3, 0.4) is 0 Å². The highest BCUT2D eigenvalue weighted by Crippen LogP contribution is 2.19. The minimum absolute atomic E-state index is 0.0892. The lowest BCUT2D eigenvalue weighted by Crippen LogP contribution is -2.29. The third kappa shape index (κ3) is 4.06. The Morgan fingerprint density at radius 3 is 2.76 bits per heavy atom. The lowest BCUT2D eigenvalue weighted by atomic mass is 10.2. The first kappa shape index (κ1) is 15.0. The van der Waals surface area contributed by atoms with E-state index in [1.165, 1.54) is 12.1 Å². The summed E-state index contributed by atoms with van der Waals surface area (Å²) in [5, 5.41) is 18.2. The summed E-state index contributed by atoms with van der Waals surface area (Å²) in [6.07, 6.45) is 1.64. The van der Waals surface area contributed by atoms with Gasteiger partial charge in [0.15, 0.2) is 0 Å². The van der Waals surface area contributed by atoms with Crippen LogP contribution in [-0.2, 0) is 13.6 Å². The molecule has 8 heteroatoms. The summed E-state index contributed by atoms with van der Waals surface area (Å²) in [6.45, 7) is 0.322. The van der Waals surface area contributed by atoms with Crippen molar-refractivity contribution in [2.45, 2.75) is 6.54 Å². The molecule has 0 aliphatic rings. The molecule has 0 radical (unpaired) electrons. The van der Waals surface area contributed by atoms with Crippen LogP contribution in [0.2, 0.25) is 0 Å². The van der Waals surface area contributed by atoms with Gasteiger partial charge in [-0.25, -0.2) is 9.59 Å². The number of aromatic nitrogens is 2. The van der Waals surface area contributed by atoms with Crippen molar-refractivity contribution in [3.63, 3.8) is 0 Å². The van der Waals surface area contributed by atoms with Crippen LogP contribution < -0.4 is 10.6 Å². The molecule has 3 N–H and O–H groups in total. The zero-order valence-electron chi connectivity index (χ0n) is 11.1. The number of anilines is 1. The van der Waals surface area contributed by atoms with E-state index in [0.29, 0.717) is 16.7 Å². The second-order valence-corrected chi connectivity index (χ2v) is 5.20. The second kappa shape index (κ2) is 6.40. The van der Waals surface area contributed by atoms with Gasteiger partial charge in [-0.3, -0.25) is 4.68 Å². The predicted octanol–water partition coefficient (Wildman–Crippen LogP) is 2.20. The molecule has 2 aromatic rings. The maximum absolute atomic E-state index is 11.8. The molecule has 1 aromatic heterocycles. The highest BCUT2D eigenvalue weighted by Gasteiger charge is 2.09. The molecule has 0 bridgehead atoms. The fourth-order valence-electron chi connectivity index (χ4n) is 1.71. The average Bonchev–Trinajstić information content (AvgIpc) is 2.81. The molecule has 2 amide bonds. The van der Waals surface area contributed by atoms with Crippen molar-refractivity contribution in [1.82, 2.24) is 15.1 Å². The van der Waals surface area contributed by atoms with Crippen molar-refractivity contribution >= 4 is 33.6 Å². The van der Waals surface area contributed by atoms with Crippen molar-refractivity contribution in [2.24, 2.45) is 7.05 Å². The first-order chi connectivity index (χ1) is 9.95. The van der Waals surface area contributed by atoms with Crippen LogP contribution in [0.15, 0.2) is 34.9 Å². The number of aryl methyl sites for hydroxylation is 1. The fourth-order valence-corrected chi connectivity index (χ4v) is 2.20. The van der Waals surface area contributed by atoms with Gasteiger partial charge in [0.25, 0.3) is 0 Å². The number of halogens is 1. The smallest absolute Gasteiger partial charge is 0.335 e. The summed E-state index contributed by atoms with van der Waals surface area (Å²) >= 11 is 3.20. The number of urea groups is 1. The molecule has 110 valence electrons. The SMILES string of the molecule is Cn1nccc1CNC(=O)Nc1cc(Br)cc(C(=O)O)c1. The summed E-state index contributed by atoms with van der Waals surface area (Å²) in [5.41, 5.74) is 1.33. The summed E-state index contributed by atoms with van der Waals surface area (Å²) < 4.78 is 2.23. The van der Waals surface area contributed by atoms with Gasteiger partial charge in [-0.1, -0.05) is 15.9 Å². The van der Waals surface area contributed by atoms with Crippen molar-refractivity contribution < 1.29 is 14.7 Å². The van der Waals surface area contributed by atoms with Gasteiger partial charge in [-0.2, -0.15) is 5.10 Å². The molecule has 0 spiro atoms. The Hall–Kier alpha value is -2.35. The maximum atomic E-state index is 11.8. The molecule has 0 fully saturated rings. The van der Waals surface area contributed by atoms with E-state index in [9.17, 15) is 9.59 Å². The van der Waals surface area contributed by atoms with Crippen LogP contribution in [0, 0.1) is 0 Å². The fraction of sp³-hybridized carbons (Fsp3) is 0.154. The minimum Gasteiger partial charge on any atom is -0.478 e. The summed E-state index contributed by atoms with van der Waals surface area (Å²) in [4.78, 5) is 22.7. The summed E-state index contributed by atoms with van der Waals surface area (Å²) in [6, 6.07) is 5.83. The molecule has 0 atom stereocenters. The normalized spacial score (nSPS) is 10.2. The minimum atomic E-state index is -1.06. The molecule has 0 unspecified atom stereocenters. The van der Waals surface area contributed by atoms with Gasteiger partial charge >= 0.3 is 12.0 Å². The van der Waals surface area contributed by atoms with Crippen LogP contribution in [0.4, 0.5) is 10.5 Å². The van der Waals surface area contributed by atoms with E-state index >= 15 is 0 Å². The Balaban J connectivity index is 1.99. The molecular formula is C13H13BrN4O3. The van der Waals surface area contributed by atoms with Crippen LogP contribution in [0.1, 0.15) is 16.1 Å². The largest absolute Gasteiger partial charge is 0.478 e. The number of aromatic carboxylic acids is 1. The van der Waals surface area contributed by atoms with Crippen molar-refractivity contribution in [2.75, 3.05) is 5.32 Å². The van der Waals surface area contributed by atoms with E-state index in [2.05, 4.69) is 31.7 Å². The maximum Gasteiger partial charge on any atom is 0.335 e. The first-order valence-electron chi connectivity index (χ1n) is 6.01. The number of nitrogens with one attached hydrogen (secondary N) is 2. The molecule has 2 rings (SSSR count). The third-order valence-electron chi connectivity index (χ3n) is 2.76. The van der Waals surface area contributed by atoms with E-state index in [4.69, 9.17) is 5.11 Å². The number of amides is 2. The molecular weight excluding hydrogens is 340 g/mol. The number of carboxylic acid groups (broad SMARTS) is 1. The third-order valence-corrected chi connectivity index (χ3v) is 3.21. The first-order valence-corrected chi connectivity index (χ1v) is 6.80. The van der Waals surface area contributed by atoms with E-state index in [1.54, 1.807) is 30.1 Å². The van der Waals surface area contributed by atoms with Crippen molar-refractivity contribution in [3.05, 3.63) is 46.2 Å². The van der Waals surface area contributed by atoms with Crippen molar-refractivity contribution in [3.8, 4) is 0 Å². The second-order valence-electron chi connectivity index (χ2n) is 4.29. The Labute approximate surface area is 129 Å². The molecule has 0 saturated heterocycles. The lowest BCUT2D eigenvalue weighted by Gasteiger charge is -2.09. The predicted molar refractivity (Wildman–Crippen MR) is 80.2 cm³/mol. The molecule has 21 heavy (non-hydrogen) atoms. The number of hydrogen-bond acceptors (Lipinski definition) is 3. The topological polar surface area (TPSA) is 96.3 Å². The molecule has 0 saturated carbocycles. The van der Waals surface area contributed by atoms with Gasteiger partial charge in [0.2, 0.25) is 0 Å². The van der Waals surface area contributed by atoms with Crippen LogP contribution >= 0.6 is 15.9 Å². The number of carboxylic acids is 1. The molecule has 1 heterocycles. The van der Waals surface area contributed by atoms with Gasteiger partial charge in [0.05, 0.1) is 17.8 Å². The number of rotatable bonds is 4. The van der Waals surface area contributed by atoms with E-state index in [0.717, 1.165) is 5.69 Å². The molecule has 0 aliphatic heterocycles. The highest BCUT2D eigenvalue weighted by atomic mass is 79.9. The van der Waals surface area contributed by atoms with Crippen LogP contribution in [0.5, 0.6) is 0 Å².